The van der Waals surface area contributed by atoms with Gasteiger partial charge in [-0.25, -0.2) is 0 Å². The van der Waals surface area contributed by atoms with Crippen molar-refractivity contribution < 1.29 is 14.0 Å². The second-order valence-corrected chi connectivity index (χ2v) is 6.11. The van der Waals surface area contributed by atoms with Gasteiger partial charge in [-0.2, -0.15) is 5.10 Å². The summed E-state index contributed by atoms with van der Waals surface area (Å²) >= 11 is 6.18. The Morgan fingerprint density at radius 3 is 2.77 bits per heavy atom. The van der Waals surface area contributed by atoms with E-state index in [9.17, 15) is 9.59 Å². The molecule has 7 nitrogen and oxygen atoms in total. The Hall–Kier alpha value is -3.06. The van der Waals surface area contributed by atoms with Crippen LogP contribution >= 0.6 is 11.6 Å². The number of aryl methyl sites for hydroxylation is 2. The molecule has 3 aromatic rings. The van der Waals surface area contributed by atoms with Crippen molar-refractivity contribution >= 4 is 34.8 Å². The summed E-state index contributed by atoms with van der Waals surface area (Å²) in [6.45, 7) is 2.43. The number of nitrogens with one attached hydrogen (secondary N) is 2. The fourth-order valence-corrected chi connectivity index (χ4v) is 2.54. The van der Waals surface area contributed by atoms with Gasteiger partial charge in [-0.15, -0.1) is 0 Å². The molecule has 0 fully saturated rings. The van der Waals surface area contributed by atoms with E-state index in [1.807, 2.05) is 13.1 Å². The number of amides is 2. The van der Waals surface area contributed by atoms with E-state index in [4.69, 9.17) is 16.0 Å². The number of rotatable bonds is 6. The van der Waals surface area contributed by atoms with Crippen molar-refractivity contribution in [3.63, 3.8) is 0 Å². The minimum atomic E-state index is -0.400. The van der Waals surface area contributed by atoms with Gasteiger partial charge in [-0.1, -0.05) is 11.6 Å². The summed E-state index contributed by atoms with van der Waals surface area (Å²) in [7, 11) is 0. The van der Waals surface area contributed by atoms with Crippen LogP contribution in [0.15, 0.2) is 53.4 Å². The van der Waals surface area contributed by atoms with Crippen molar-refractivity contribution in [1.82, 2.24) is 9.78 Å². The lowest BCUT2D eigenvalue weighted by Gasteiger charge is -2.09. The van der Waals surface area contributed by atoms with E-state index in [1.165, 1.54) is 6.26 Å². The molecule has 2 amide bonds. The Morgan fingerprint density at radius 1 is 1.27 bits per heavy atom. The number of furan rings is 1. The number of anilines is 2. The summed E-state index contributed by atoms with van der Waals surface area (Å²) in [6.07, 6.45) is 5.32. The minimum absolute atomic E-state index is 0.151. The normalized spacial score (nSPS) is 10.5. The van der Waals surface area contributed by atoms with Gasteiger partial charge in [0.15, 0.2) is 5.76 Å². The van der Waals surface area contributed by atoms with Gasteiger partial charge in [0.25, 0.3) is 5.91 Å². The van der Waals surface area contributed by atoms with Crippen molar-refractivity contribution in [2.75, 3.05) is 10.6 Å². The SMILES string of the molecule is Cc1cnn(CCC(=O)Nc2ccc(NC(=O)c3ccco3)c(Cl)c2)c1. The van der Waals surface area contributed by atoms with Crippen LogP contribution in [0.4, 0.5) is 11.4 Å². The predicted octanol–water partition coefficient (Wildman–Crippen LogP) is 3.72. The zero-order valence-electron chi connectivity index (χ0n) is 14.0. The molecule has 0 spiro atoms. The van der Waals surface area contributed by atoms with Gasteiger partial charge in [0, 0.05) is 24.8 Å². The molecule has 0 aliphatic carbocycles. The molecule has 0 saturated heterocycles. The molecular weight excluding hydrogens is 356 g/mol. The molecule has 8 heteroatoms. The number of benzene rings is 1. The Balaban J connectivity index is 1.56. The second kappa shape index (κ2) is 7.88. The number of carbonyl (C=O) groups is 2. The summed E-state index contributed by atoms with van der Waals surface area (Å²) in [4.78, 5) is 24.0. The lowest BCUT2D eigenvalue weighted by molar-refractivity contribution is -0.116. The van der Waals surface area contributed by atoms with Gasteiger partial charge in [0.2, 0.25) is 5.91 Å². The van der Waals surface area contributed by atoms with Crippen molar-refractivity contribution in [1.29, 1.82) is 0 Å². The fraction of sp³-hybridized carbons (Fsp3) is 0.167. The number of carbonyl (C=O) groups excluding carboxylic acids is 2. The minimum Gasteiger partial charge on any atom is -0.459 e. The first-order chi connectivity index (χ1) is 12.5. The Labute approximate surface area is 154 Å². The molecule has 2 heterocycles. The zero-order valence-corrected chi connectivity index (χ0v) is 14.8. The third-order valence-electron chi connectivity index (χ3n) is 3.58. The average Bonchev–Trinajstić information content (AvgIpc) is 3.27. The monoisotopic (exact) mass is 372 g/mol. The van der Waals surface area contributed by atoms with Crippen molar-refractivity contribution in [2.24, 2.45) is 0 Å². The third kappa shape index (κ3) is 4.52. The second-order valence-electron chi connectivity index (χ2n) is 5.70. The molecule has 2 N–H and O–H groups in total. The smallest absolute Gasteiger partial charge is 0.291 e. The Bertz CT molecular complexity index is 918. The molecule has 0 unspecified atom stereocenters. The summed E-state index contributed by atoms with van der Waals surface area (Å²) < 4.78 is 6.75. The van der Waals surface area contributed by atoms with E-state index in [2.05, 4.69) is 15.7 Å². The van der Waals surface area contributed by atoms with E-state index in [0.717, 1.165) is 5.56 Å². The molecule has 3 rings (SSSR count). The van der Waals surface area contributed by atoms with Crippen LogP contribution in [-0.4, -0.2) is 21.6 Å². The van der Waals surface area contributed by atoms with Gasteiger partial charge in [0.05, 0.1) is 23.2 Å². The topological polar surface area (TPSA) is 89.2 Å². The van der Waals surface area contributed by atoms with Crippen LogP contribution in [0.1, 0.15) is 22.5 Å². The van der Waals surface area contributed by atoms with Crippen molar-refractivity contribution in [3.8, 4) is 0 Å². The molecule has 134 valence electrons. The highest BCUT2D eigenvalue weighted by Crippen LogP contribution is 2.26. The van der Waals surface area contributed by atoms with Crippen LogP contribution in [0.25, 0.3) is 0 Å². The van der Waals surface area contributed by atoms with Gasteiger partial charge >= 0.3 is 0 Å². The molecule has 0 aliphatic rings. The van der Waals surface area contributed by atoms with Gasteiger partial charge in [-0.3, -0.25) is 14.3 Å². The van der Waals surface area contributed by atoms with E-state index in [0.29, 0.717) is 22.9 Å². The van der Waals surface area contributed by atoms with E-state index < -0.39 is 5.91 Å². The van der Waals surface area contributed by atoms with Gasteiger partial charge in [0.1, 0.15) is 0 Å². The molecule has 26 heavy (non-hydrogen) atoms. The van der Waals surface area contributed by atoms with E-state index >= 15 is 0 Å². The highest BCUT2D eigenvalue weighted by Gasteiger charge is 2.12. The molecule has 2 aromatic heterocycles. The molecular formula is C18H17ClN4O3. The third-order valence-corrected chi connectivity index (χ3v) is 3.89. The molecule has 1 aromatic carbocycles. The molecule has 0 saturated carbocycles. The summed E-state index contributed by atoms with van der Waals surface area (Å²) in [5.41, 5.74) is 2.02. The standard InChI is InChI=1S/C18H17ClN4O3/c1-12-10-20-23(11-12)7-6-17(24)21-13-4-5-15(14(19)9-13)22-18(25)16-3-2-8-26-16/h2-5,8-11H,6-7H2,1H3,(H,21,24)(H,22,25). The van der Waals surface area contributed by atoms with Crippen molar-refractivity contribution in [2.45, 2.75) is 19.9 Å². The van der Waals surface area contributed by atoms with Crippen LogP contribution in [0.2, 0.25) is 5.02 Å². The van der Waals surface area contributed by atoms with Crippen LogP contribution in [0.3, 0.4) is 0 Å². The molecule has 0 bridgehead atoms. The predicted molar refractivity (Wildman–Crippen MR) is 98.3 cm³/mol. The lowest BCUT2D eigenvalue weighted by Crippen LogP contribution is -2.15. The number of halogens is 1. The highest BCUT2D eigenvalue weighted by molar-refractivity contribution is 6.34. The summed E-state index contributed by atoms with van der Waals surface area (Å²) in [5, 5.41) is 9.87. The first-order valence-corrected chi connectivity index (χ1v) is 8.32. The molecule has 0 atom stereocenters. The van der Waals surface area contributed by atoms with E-state index in [-0.39, 0.29) is 18.1 Å². The van der Waals surface area contributed by atoms with Gasteiger partial charge in [-0.05, 0) is 42.8 Å². The lowest BCUT2D eigenvalue weighted by atomic mass is 10.2. The zero-order chi connectivity index (χ0) is 18.5. The number of nitrogens with zero attached hydrogens (tertiary/aromatic N) is 2. The number of aromatic nitrogens is 2. The highest BCUT2D eigenvalue weighted by atomic mass is 35.5. The number of hydrogen-bond acceptors (Lipinski definition) is 4. The van der Waals surface area contributed by atoms with E-state index in [1.54, 1.807) is 41.2 Å². The number of hydrogen-bond donors (Lipinski definition) is 2. The van der Waals surface area contributed by atoms with Crippen molar-refractivity contribution in [3.05, 3.63) is 65.3 Å². The van der Waals surface area contributed by atoms with Crippen LogP contribution in [0, 0.1) is 6.92 Å². The molecule has 0 radical (unpaired) electrons. The largest absolute Gasteiger partial charge is 0.459 e. The maximum Gasteiger partial charge on any atom is 0.291 e. The van der Waals surface area contributed by atoms with Crippen LogP contribution in [-0.2, 0) is 11.3 Å². The van der Waals surface area contributed by atoms with Crippen LogP contribution < -0.4 is 10.6 Å². The quantitative estimate of drug-likeness (QED) is 0.690. The van der Waals surface area contributed by atoms with Crippen LogP contribution in [0.5, 0.6) is 0 Å². The molecule has 0 aliphatic heterocycles. The summed E-state index contributed by atoms with van der Waals surface area (Å²) in [6, 6.07) is 8.04. The maximum atomic E-state index is 12.0. The maximum absolute atomic E-state index is 12.0. The van der Waals surface area contributed by atoms with Gasteiger partial charge < -0.3 is 15.1 Å². The first kappa shape index (κ1) is 17.8. The average molecular weight is 373 g/mol. The summed E-state index contributed by atoms with van der Waals surface area (Å²) in [5.74, 6) is -0.364. The first-order valence-electron chi connectivity index (χ1n) is 7.94. The Morgan fingerprint density at radius 2 is 2.12 bits per heavy atom. The Kier molecular flexibility index (Phi) is 5.38. The fourth-order valence-electron chi connectivity index (χ4n) is 2.31.